The number of aromatic hydroxyl groups is 1. The number of phenolic OH excluding ortho intramolecular Hbond substituents is 1. The van der Waals surface area contributed by atoms with E-state index in [9.17, 15) is 39.3 Å². The Hall–Kier alpha value is -3.13. The predicted octanol–water partition coefficient (Wildman–Crippen LogP) is 3.73. The van der Waals surface area contributed by atoms with Crippen LogP contribution in [0.1, 0.15) is 97.5 Å². The third kappa shape index (κ3) is 14.0. The van der Waals surface area contributed by atoms with E-state index in [1.54, 1.807) is 19.1 Å². The molecule has 1 aliphatic heterocycles. The van der Waals surface area contributed by atoms with Crippen molar-refractivity contribution in [1.29, 1.82) is 0 Å². The summed E-state index contributed by atoms with van der Waals surface area (Å²) in [6.45, 7) is 7.73. The highest BCUT2D eigenvalue weighted by Gasteiger charge is 2.42. The number of alkyl halides is 2. The van der Waals surface area contributed by atoms with Crippen molar-refractivity contribution < 1.29 is 39.3 Å². The number of halogens is 2. The van der Waals surface area contributed by atoms with Gasteiger partial charge in [-0.1, -0.05) is 71.9 Å². The normalized spacial score (nSPS) is 18.0. The summed E-state index contributed by atoms with van der Waals surface area (Å²) < 4.78 is 0. The zero-order valence-electron chi connectivity index (χ0n) is 31.1. The number of phenols is 1. The quantitative estimate of drug-likeness (QED) is 0.0750. The Balaban J connectivity index is 2.17. The first kappa shape index (κ1) is 45.0. The van der Waals surface area contributed by atoms with E-state index < -0.39 is 70.7 Å². The van der Waals surface area contributed by atoms with Crippen molar-refractivity contribution in [2.24, 2.45) is 17.6 Å². The van der Waals surface area contributed by atoms with Crippen LogP contribution in [0.15, 0.2) is 24.3 Å². The van der Waals surface area contributed by atoms with Crippen molar-refractivity contribution in [2.75, 3.05) is 13.6 Å². The highest BCUT2D eigenvalue weighted by Crippen LogP contribution is 2.24. The lowest BCUT2D eigenvalue weighted by Gasteiger charge is -2.37. The van der Waals surface area contributed by atoms with Crippen LogP contribution in [0.3, 0.4) is 0 Å². The molecule has 294 valence electrons. The van der Waals surface area contributed by atoms with Gasteiger partial charge in [-0.05, 0) is 61.6 Å². The number of amides is 4. The van der Waals surface area contributed by atoms with Crippen molar-refractivity contribution >= 4 is 52.8 Å². The van der Waals surface area contributed by atoms with Crippen LogP contribution in [0.25, 0.3) is 0 Å². The third-order valence-electron chi connectivity index (χ3n) is 9.78. The number of nitrogens with two attached hydrogens (primary N) is 1. The number of nitrogens with one attached hydrogen (secondary N) is 2. The van der Waals surface area contributed by atoms with Gasteiger partial charge in [0.2, 0.25) is 17.7 Å². The van der Waals surface area contributed by atoms with Gasteiger partial charge in [0.15, 0.2) is 0 Å². The maximum Gasteiger partial charge on any atom is 0.326 e. The molecule has 0 saturated carbocycles. The number of benzene rings is 1. The van der Waals surface area contributed by atoms with E-state index in [2.05, 4.69) is 10.6 Å². The second-order valence-electron chi connectivity index (χ2n) is 14.4. The summed E-state index contributed by atoms with van der Waals surface area (Å²) in [5, 5.41) is 35.5. The minimum absolute atomic E-state index is 0.0245. The Morgan fingerprint density at radius 2 is 1.62 bits per heavy atom. The smallest absolute Gasteiger partial charge is 0.326 e. The van der Waals surface area contributed by atoms with E-state index in [0.29, 0.717) is 44.1 Å². The van der Waals surface area contributed by atoms with Gasteiger partial charge in [0.05, 0.1) is 0 Å². The van der Waals surface area contributed by atoms with Crippen LogP contribution in [-0.4, -0.2) is 109 Å². The first-order valence-corrected chi connectivity index (χ1v) is 19.3. The molecule has 0 radical (unpaired) electrons. The largest absolute Gasteiger partial charge is 0.508 e. The molecule has 15 heteroatoms. The molecule has 1 saturated heterocycles. The van der Waals surface area contributed by atoms with Gasteiger partial charge in [0.1, 0.15) is 40.9 Å². The highest BCUT2D eigenvalue weighted by atomic mass is 35.5. The summed E-state index contributed by atoms with van der Waals surface area (Å²) in [6.07, 6.45) is 4.44. The Bertz CT molecular complexity index is 1320. The minimum atomic E-state index is -1.54. The summed E-state index contributed by atoms with van der Waals surface area (Å²) >= 11 is 11.5. The van der Waals surface area contributed by atoms with Crippen LogP contribution in [0.5, 0.6) is 5.75 Å². The van der Waals surface area contributed by atoms with E-state index in [4.69, 9.17) is 28.9 Å². The number of carboxylic acid groups (broad SMARTS) is 1. The van der Waals surface area contributed by atoms with Gasteiger partial charge in [0.25, 0.3) is 5.91 Å². The number of carboxylic acids is 1. The highest BCUT2D eigenvalue weighted by molar-refractivity contribution is 6.44. The second kappa shape index (κ2) is 22.2. The number of unbranched alkanes of at least 4 members (excludes halogenated alkanes) is 3. The molecule has 0 unspecified atom stereocenters. The molecule has 1 aromatic carbocycles. The Labute approximate surface area is 317 Å². The summed E-state index contributed by atoms with van der Waals surface area (Å²) in [6, 6.07) is 0.923. The first-order valence-electron chi connectivity index (χ1n) is 18.4. The molecule has 1 aromatic rings. The number of hydrogen-bond donors (Lipinski definition) is 6. The van der Waals surface area contributed by atoms with Gasteiger partial charge < -0.3 is 41.5 Å². The summed E-state index contributed by atoms with van der Waals surface area (Å²) in [7, 11) is 1.50. The van der Waals surface area contributed by atoms with Gasteiger partial charge in [-0.15, -0.1) is 23.2 Å². The molecule has 0 aromatic heterocycles. The lowest BCUT2D eigenvalue weighted by molar-refractivity contribution is -0.150. The molecule has 7 atom stereocenters. The molecule has 52 heavy (non-hydrogen) atoms. The number of nitrogens with zero attached hydrogens (tertiary/aromatic N) is 2. The molecular weight excluding hydrogens is 713 g/mol. The summed E-state index contributed by atoms with van der Waals surface area (Å²) in [4.78, 5) is 69.5. The van der Waals surface area contributed by atoms with Crippen molar-refractivity contribution in [3.63, 3.8) is 0 Å². The molecule has 0 spiro atoms. The number of hydrogen-bond acceptors (Lipinski definition) is 8. The lowest BCUT2D eigenvalue weighted by Crippen LogP contribution is -2.60. The SMILES string of the molecule is CC[C@@H](C)[C@H](NC(=O)[C@H](O)[C@H](N)CCCCCCC(Cl)Cl)C(=O)N(C)[C@@H](CC(C)C)C(=O)N1CCC[C@H]1C(=O)N[C@@H](Cc1ccc(O)cc1)C(=O)O. The number of rotatable bonds is 22. The number of aliphatic carboxylic acids is 1. The van der Waals surface area contributed by atoms with Crippen LogP contribution < -0.4 is 16.4 Å². The van der Waals surface area contributed by atoms with Crippen LogP contribution in [0.2, 0.25) is 0 Å². The average molecular weight is 773 g/mol. The number of carbonyl (C=O) groups excluding carboxylic acids is 4. The standard InChI is InChI=1S/C37H59Cl2N5O8/c1-6-23(4)31(42-34(48)32(46)26(40)12-9-7-8-10-14-30(38)39)36(50)43(5)29(20-22(2)3)35(49)44-19-11-13-28(44)33(47)41-27(37(51)52)21-24-15-17-25(45)18-16-24/h15-18,22-23,26-32,45-46H,6-14,19-21,40H2,1-5H3,(H,41,47)(H,42,48)(H,51,52)/t23-,26-,27+,28+,29+,31+,32-/m1/s1. The predicted molar refractivity (Wildman–Crippen MR) is 201 cm³/mol. The van der Waals surface area contributed by atoms with Gasteiger partial charge in [-0.2, -0.15) is 0 Å². The molecule has 7 N–H and O–H groups in total. The number of aliphatic hydroxyl groups excluding tert-OH is 1. The average Bonchev–Trinajstić information content (AvgIpc) is 3.60. The number of aliphatic hydroxyl groups is 1. The maximum absolute atomic E-state index is 14.2. The summed E-state index contributed by atoms with van der Waals surface area (Å²) in [5.74, 6) is -3.93. The maximum atomic E-state index is 14.2. The van der Waals surface area contributed by atoms with E-state index in [1.165, 1.54) is 29.0 Å². The van der Waals surface area contributed by atoms with E-state index in [-0.39, 0.29) is 37.0 Å². The van der Waals surface area contributed by atoms with E-state index in [0.717, 1.165) is 19.3 Å². The number of likely N-dealkylation sites (tertiary alicyclic amines) is 1. The minimum Gasteiger partial charge on any atom is -0.508 e. The molecule has 2 rings (SSSR count). The number of likely N-dealkylation sites (N-methyl/N-ethyl adjacent to an activating group) is 1. The Morgan fingerprint density at radius 1 is 1.00 bits per heavy atom. The number of carbonyl (C=O) groups is 5. The molecule has 0 aliphatic carbocycles. The van der Waals surface area contributed by atoms with Gasteiger partial charge in [-0.25, -0.2) is 4.79 Å². The van der Waals surface area contributed by atoms with Crippen LogP contribution in [0.4, 0.5) is 0 Å². The molecule has 4 amide bonds. The molecule has 0 bridgehead atoms. The lowest BCUT2D eigenvalue weighted by atomic mass is 9.94. The zero-order valence-corrected chi connectivity index (χ0v) is 32.6. The molecule has 1 aliphatic rings. The Kier molecular flexibility index (Phi) is 19.2. The van der Waals surface area contributed by atoms with Crippen LogP contribution >= 0.6 is 23.2 Å². The van der Waals surface area contributed by atoms with Gasteiger partial charge >= 0.3 is 5.97 Å². The fourth-order valence-electron chi connectivity index (χ4n) is 6.38. The van der Waals surface area contributed by atoms with E-state index in [1.807, 2.05) is 20.8 Å². The molecule has 1 heterocycles. The van der Waals surface area contributed by atoms with Crippen molar-refractivity contribution in [1.82, 2.24) is 20.4 Å². The van der Waals surface area contributed by atoms with Crippen LogP contribution in [0, 0.1) is 11.8 Å². The second-order valence-corrected chi connectivity index (χ2v) is 15.7. The first-order chi connectivity index (χ1) is 24.5. The molecule has 1 fully saturated rings. The fraction of sp³-hybridized carbons (Fsp3) is 0.703. The third-order valence-corrected chi connectivity index (χ3v) is 10.2. The van der Waals surface area contributed by atoms with Crippen molar-refractivity contribution in [3.05, 3.63) is 29.8 Å². The molecule has 13 nitrogen and oxygen atoms in total. The molecular formula is C37H59Cl2N5O8. The topological polar surface area (TPSA) is 203 Å². The van der Waals surface area contributed by atoms with Crippen molar-refractivity contribution in [3.8, 4) is 5.75 Å². The van der Waals surface area contributed by atoms with Gasteiger partial charge in [-0.3, -0.25) is 19.2 Å². The van der Waals surface area contributed by atoms with Crippen LogP contribution in [-0.2, 0) is 30.4 Å². The van der Waals surface area contributed by atoms with Crippen molar-refractivity contribution in [2.45, 2.75) is 139 Å². The monoisotopic (exact) mass is 771 g/mol. The fourth-order valence-corrected chi connectivity index (χ4v) is 6.69. The zero-order chi connectivity index (χ0) is 39.1. The van der Waals surface area contributed by atoms with E-state index >= 15 is 0 Å². The Morgan fingerprint density at radius 3 is 2.17 bits per heavy atom. The van der Waals surface area contributed by atoms with Gasteiger partial charge in [0, 0.05) is 26.1 Å². The summed E-state index contributed by atoms with van der Waals surface area (Å²) in [5.41, 5.74) is 6.77.